The minimum absolute atomic E-state index is 0.503. The summed E-state index contributed by atoms with van der Waals surface area (Å²) in [6, 6.07) is 8.23. The number of benzene rings is 1. The van der Waals surface area contributed by atoms with Gasteiger partial charge in [-0.05, 0) is 51.5 Å². The number of nitrogens with zero attached hydrogens (tertiary/aromatic N) is 2. The maximum atomic E-state index is 5.80. The highest BCUT2D eigenvalue weighted by atomic mass is 32.1. The fourth-order valence-corrected chi connectivity index (χ4v) is 3.18. The summed E-state index contributed by atoms with van der Waals surface area (Å²) in [4.78, 5) is 5.31. The van der Waals surface area contributed by atoms with Crippen LogP contribution in [-0.4, -0.2) is 48.5 Å². The van der Waals surface area contributed by atoms with Crippen molar-refractivity contribution in [1.29, 1.82) is 0 Å². The van der Waals surface area contributed by atoms with Gasteiger partial charge < -0.3 is 10.6 Å². The molecule has 0 saturated carbocycles. The van der Waals surface area contributed by atoms with Gasteiger partial charge in [0.05, 0.1) is 0 Å². The van der Waals surface area contributed by atoms with E-state index in [9.17, 15) is 0 Å². The summed E-state index contributed by atoms with van der Waals surface area (Å²) in [7, 11) is 4.32. The van der Waals surface area contributed by atoms with Crippen LogP contribution in [0, 0.1) is 5.92 Å². The van der Waals surface area contributed by atoms with Crippen LogP contribution in [0.3, 0.4) is 0 Å². The molecule has 20 heavy (non-hydrogen) atoms. The van der Waals surface area contributed by atoms with Crippen LogP contribution in [0.1, 0.15) is 24.0 Å². The van der Waals surface area contributed by atoms with Gasteiger partial charge in [-0.1, -0.05) is 36.5 Å². The molecule has 3 nitrogen and oxygen atoms in total. The second kappa shape index (κ2) is 7.16. The number of hydrogen-bond donors (Lipinski definition) is 1. The molecule has 2 N–H and O–H groups in total. The fraction of sp³-hybridized carbons (Fsp3) is 0.562. The highest BCUT2D eigenvalue weighted by Crippen LogP contribution is 2.20. The monoisotopic (exact) mass is 291 g/mol. The lowest BCUT2D eigenvalue weighted by atomic mass is 9.95. The second-order valence-electron chi connectivity index (χ2n) is 6.00. The molecule has 2 rings (SSSR count). The molecule has 0 amide bonds. The van der Waals surface area contributed by atoms with Gasteiger partial charge in [-0.15, -0.1) is 0 Å². The molecule has 0 unspecified atom stereocenters. The van der Waals surface area contributed by atoms with Gasteiger partial charge in [0.15, 0.2) is 0 Å². The molecule has 1 aliphatic heterocycles. The van der Waals surface area contributed by atoms with Crippen molar-refractivity contribution in [2.75, 3.05) is 33.7 Å². The van der Waals surface area contributed by atoms with Crippen LogP contribution in [-0.2, 0) is 6.54 Å². The van der Waals surface area contributed by atoms with Crippen LogP contribution in [0.15, 0.2) is 24.3 Å². The van der Waals surface area contributed by atoms with E-state index in [1.54, 1.807) is 0 Å². The van der Waals surface area contributed by atoms with Crippen molar-refractivity contribution in [2.24, 2.45) is 11.7 Å². The van der Waals surface area contributed by atoms with Crippen molar-refractivity contribution in [2.45, 2.75) is 19.4 Å². The highest BCUT2D eigenvalue weighted by molar-refractivity contribution is 7.80. The lowest BCUT2D eigenvalue weighted by Crippen LogP contribution is -2.37. The predicted octanol–water partition coefficient (Wildman–Crippen LogP) is 2.09. The van der Waals surface area contributed by atoms with Crippen LogP contribution in [0.2, 0.25) is 0 Å². The smallest absolute Gasteiger partial charge is 0.104 e. The molecule has 0 atom stereocenters. The number of rotatable bonds is 5. The van der Waals surface area contributed by atoms with Crippen LogP contribution < -0.4 is 5.73 Å². The van der Waals surface area contributed by atoms with Gasteiger partial charge in [0.1, 0.15) is 4.99 Å². The SMILES string of the molecule is CN(C)CC1CCN(Cc2ccccc2C(N)=S)CC1. The summed E-state index contributed by atoms with van der Waals surface area (Å²) in [6.07, 6.45) is 2.57. The van der Waals surface area contributed by atoms with Crippen molar-refractivity contribution < 1.29 is 0 Å². The summed E-state index contributed by atoms with van der Waals surface area (Å²) >= 11 is 5.14. The van der Waals surface area contributed by atoms with Crippen LogP contribution in [0.4, 0.5) is 0 Å². The lowest BCUT2D eigenvalue weighted by Gasteiger charge is -2.33. The molecule has 110 valence electrons. The first-order valence-electron chi connectivity index (χ1n) is 7.31. The molecule has 1 heterocycles. The normalized spacial score (nSPS) is 17.6. The van der Waals surface area contributed by atoms with Crippen molar-refractivity contribution in [3.05, 3.63) is 35.4 Å². The summed E-state index contributed by atoms with van der Waals surface area (Å²) in [5, 5.41) is 0. The predicted molar refractivity (Wildman–Crippen MR) is 88.9 cm³/mol. The molecule has 4 heteroatoms. The Bertz CT molecular complexity index is 451. The number of nitrogens with two attached hydrogens (primary N) is 1. The van der Waals surface area contributed by atoms with E-state index in [-0.39, 0.29) is 0 Å². The van der Waals surface area contributed by atoms with Crippen molar-refractivity contribution >= 4 is 17.2 Å². The Morgan fingerprint density at radius 3 is 2.55 bits per heavy atom. The van der Waals surface area contributed by atoms with E-state index >= 15 is 0 Å². The first-order chi connectivity index (χ1) is 9.56. The average molecular weight is 291 g/mol. The molecule has 1 aromatic carbocycles. The molecule has 1 aromatic rings. The molecule has 1 aliphatic rings. The lowest BCUT2D eigenvalue weighted by molar-refractivity contribution is 0.157. The Morgan fingerprint density at radius 1 is 1.30 bits per heavy atom. The number of thiocarbonyl (C=S) groups is 1. The van der Waals surface area contributed by atoms with E-state index in [1.807, 2.05) is 12.1 Å². The van der Waals surface area contributed by atoms with Gasteiger partial charge in [0, 0.05) is 18.7 Å². The standard InChI is InChI=1S/C16H25N3S/c1-18(2)11-13-7-9-19(10-8-13)12-14-5-3-4-6-15(14)16(17)20/h3-6,13H,7-12H2,1-2H3,(H2,17,20). The van der Waals surface area contributed by atoms with Gasteiger partial charge >= 0.3 is 0 Å². The molecular formula is C16H25N3S. The van der Waals surface area contributed by atoms with Crippen LogP contribution in [0.25, 0.3) is 0 Å². The highest BCUT2D eigenvalue weighted by Gasteiger charge is 2.20. The van der Waals surface area contributed by atoms with Crippen LogP contribution in [0.5, 0.6) is 0 Å². The van der Waals surface area contributed by atoms with E-state index in [2.05, 4.69) is 36.0 Å². The summed E-state index contributed by atoms with van der Waals surface area (Å²) < 4.78 is 0. The molecule has 0 aliphatic carbocycles. The molecule has 1 fully saturated rings. The zero-order valence-corrected chi connectivity index (χ0v) is 13.3. The van der Waals surface area contributed by atoms with Gasteiger partial charge in [-0.25, -0.2) is 0 Å². The van der Waals surface area contributed by atoms with E-state index in [0.717, 1.165) is 18.0 Å². The largest absolute Gasteiger partial charge is 0.389 e. The Morgan fingerprint density at radius 2 is 1.95 bits per heavy atom. The van der Waals surface area contributed by atoms with E-state index < -0.39 is 0 Å². The Labute approximate surface area is 127 Å². The minimum atomic E-state index is 0.503. The van der Waals surface area contributed by atoms with E-state index in [1.165, 1.54) is 38.0 Å². The zero-order chi connectivity index (χ0) is 14.5. The van der Waals surface area contributed by atoms with Crippen LogP contribution >= 0.6 is 12.2 Å². The third-order valence-electron chi connectivity index (χ3n) is 4.01. The Kier molecular flexibility index (Phi) is 5.52. The quantitative estimate of drug-likeness (QED) is 0.842. The van der Waals surface area contributed by atoms with Gasteiger partial charge in [-0.2, -0.15) is 0 Å². The summed E-state index contributed by atoms with van der Waals surface area (Å²) in [5.41, 5.74) is 8.09. The van der Waals surface area contributed by atoms with E-state index in [0.29, 0.717) is 4.99 Å². The molecule has 0 radical (unpaired) electrons. The van der Waals surface area contributed by atoms with Crippen molar-refractivity contribution in [3.8, 4) is 0 Å². The topological polar surface area (TPSA) is 32.5 Å². The molecular weight excluding hydrogens is 266 g/mol. The third-order valence-corrected chi connectivity index (χ3v) is 4.23. The number of hydrogen-bond acceptors (Lipinski definition) is 3. The zero-order valence-electron chi connectivity index (χ0n) is 12.5. The maximum Gasteiger partial charge on any atom is 0.104 e. The summed E-state index contributed by atoms with van der Waals surface area (Å²) in [5.74, 6) is 0.840. The number of piperidine rings is 1. The Hall–Kier alpha value is -0.970. The fourth-order valence-electron chi connectivity index (χ4n) is 2.98. The Balaban J connectivity index is 1.91. The minimum Gasteiger partial charge on any atom is -0.389 e. The van der Waals surface area contributed by atoms with Gasteiger partial charge in [-0.3, -0.25) is 4.90 Å². The van der Waals surface area contributed by atoms with Gasteiger partial charge in [0.25, 0.3) is 0 Å². The molecule has 0 bridgehead atoms. The first kappa shape index (κ1) is 15.4. The van der Waals surface area contributed by atoms with Crippen molar-refractivity contribution in [1.82, 2.24) is 9.80 Å². The average Bonchev–Trinajstić information content (AvgIpc) is 2.41. The number of likely N-dealkylation sites (tertiary alicyclic amines) is 1. The molecule has 0 spiro atoms. The van der Waals surface area contributed by atoms with E-state index in [4.69, 9.17) is 18.0 Å². The third kappa shape index (κ3) is 4.27. The van der Waals surface area contributed by atoms with Gasteiger partial charge in [0.2, 0.25) is 0 Å². The maximum absolute atomic E-state index is 5.80. The second-order valence-corrected chi connectivity index (χ2v) is 6.44. The van der Waals surface area contributed by atoms with Crippen molar-refractivity contribution in [3.63, 3.8) is 0 Å². The molecule has 1 saturated heterocycles. The summed E-state index contributed by atoms with van der Waals surface area (Å²) in [6.45, 7) is 4.51. The molecule has 0 aromatic heterocycles. The first-order valence-corrected chi connectivity index (χ1v) is 7.72.